The normalized spacial score (nSPS) is 13.8. The van der Waals surface area contributed by atoms with Gasteiger partial charge in [0, 0.05) is 29.2 Å². The maximum absolute atomic E-state index is 12.2. The fourth-order valence-corrected chi connectivity index (χ4v) is 3.13. The molecule has 3 aromatic rings. The third-order valence-corrected chi connectivity index (χ3v) is 4.78. The Balaban J connectivity index is 1.29. The minimum Gasteiger partial charge on any atom is -0.343 e. The van der Waals surface area contributed by atoms with Crippen LogP contribution in [0.5, 0.6) is 0 Å². The molecule has 2 amide bonds. The molecule has 0 unspecified atom stereocenters. The Morgan fingerprint density at radius 2 is 1.93 bits per heavy atom. The van der Waals surface area contributed by atoms with E-state index in [1.807, 2.05) is 18.2 Å². The number of rotatable bonds is 5. The zero-order valence-electron chi connectivity index (χ0n) is 14.8. The largest absolute Gasteiger partial charge is 0.343 e. The van der Waals surface area contributed by atoms with E-state index in [9.17, 15) is 9.59 Å². The van der Waals surface area contributed by atoms with E-state index in [0.29, 0.717) is 35.4 Å². The first-order valence-corrected chi connectivity index (χ1v) is 9.18. The zero-order valence-corrected chi connectivity index (χ0v) is 15.6. The molecule has 0 aliphatic carbocycles. The van der Waals surface area contributed by atoms with Crippen molar-refractivity contribution in [3.8, 4) is 11.4 Å². The molecule has 1 aromatic heterocycles. The van der Waals surface area contributed by atoms with Gasteiger partial charge in [0.25, 0.3) is 5.91 Å². The van der Waals surface area contributed by atoms with Crippen molar-refractivity contribution in [3.63, 3.8) is 0 Å². The second kappa shape index (κ2) is 7.82. The van der Waals surface area contributed by atoms with E-state index in [1.54, 1.807) is 41.3 Å². The summed E-state index contributed by atoms with van der Waals surface area (Å²) in [4.78, 5) is 30.3. The summed E-state index contributed by atoms with van der Waals surface area (Å²) in [6.07, 6.45) is 0. The number of hydrogen-bond acceptors (Lipinski definition) is 5. The molecule has 1 N–H and O–H groups in total. The first-order chi connectivity index (χ1) is 13.6. The highest BCUT2D eigenvalue weighted by Gasteiger charge is 2.35. The Morgan fingerprint density at radius 1 is 1.14 bits per heavy atom. The van der Waals surface area contributed by atoms with Crippen LogP contribution in [0.15, 0.2) is 59.1 Å². The molecule has 0 bridgehead atoms. The number of hydrogen-bond donors (Lipinski definition) is 1. The van der Waals surface area contributed by atoms with Crippen LogP contribution in [0.4, 0.5) is 0 Å². The lowest BCUT2D eigenvalue weighted by molar-refractivity contribution is -0.134. The molecule has 4 rings (SSSR count). The van der Waals surface area contributed by atoms with E-state index in [0.717, 1.165) is 5.56 Å². The molecule has 0 saturated carbocycles. The predicted molar refractivity (Wildman–Crippen MR) is 103 cm³/mol. The highest BCUT2D eigenvalue weighted by molar-refractivity contribution is 6.30. The number of aromatic nitrogens is 2. The monoisotopic (exact) mass is 396 g/mol. The van der Waals surface area contributed by atoms with Crippen molar-refractivity contribution in [2.24, 2.45) is 0 Å². The summed E-state index contributed by atoms with van der Waals surface area (Å²) in [5.74, 6) is 0.545. The number of nitrogens with zero attached hydrogens (tertiary/aromatic N) is 3. The van der Waals surface area contributed by atoms with Gasteiger partial charge in [-0.2, -0.15) is 4.98 Å². The highest BCUT2D eigenvalue weighted by Crippen LogP contribution is 2.28. The summed E-state index contributed by atoms with van der Waals surface area (Å²) in [5.41, 5.74) is 1.30. The van der Waals surface area contributed by atoms with E-state index in [-0.39, 0.29) is 24.3 Å². The van der Waals surface area contributed by atoms with Gasteiger partial charge >= 0.3 is 0 Å². The van der Waals surface area contributed by atoms with Gasteiger partial charge in [-0.05, 0) is 24.3 Å². The van der Waals surface area contributed by atoms with E-state index in [2.05, 4.69) is 15.5 Å². The van der Waals surface area contributed by atoms with Gasteiger partial charge in [0.1, 0.15) is 0 Å². The van der Waals surface area contributed by atoms with Crippen molar-refractivity contribution >= 4 is 23.4 Å². The summed E-state index contributed by atoms with van der Waals surface area (Å²) in [5, 5.41) is 7.23. The number of amides is 2. The van der Waals surface area contributed by atoms with Gasteiger partial charge in [0.15, 0.2) is 0 Å². The molecule has 1 aliphatic heterocycles. The second-order valence-electron chi connectivity index (χ2n) is 6.51. The van der Waals surface area contributed by atoms with Crippen LogP contribution in [-0.4, -0.2) is 46.5 Å². The summed E-state index contributed by atoms with van der Waals surface area (Å²) in [7, 11) is 0. The van der Waals surface area contributed by atoms with Crippen molar-refractivity contribution in [3.05, 3.63) is 71.1 Å². The molecule has 0 radical (unpaired) electrons. The number of halogens is 1. The Labute approximate surface area is 166 Å². The fraction of sp³-hybridized carbons (Fsp3) is 0.200. The highest BCUT2D eigenvalue weighted by atomic mass is 35.5. The Morgan fingerprint density at radius 3 is 2.68 bits per heavy atom. The number of carbonyl (C=O) groups excluding carboxylic acids is 2. The van der Waals surface area contributed by atoms with Crippen LogP contribution in [0.3, 0.4) is 0 Å². The molecule has 142 valence electrons. The van der Waals surface area contributed by atoms with E-state index in [4.69, 9.17) is 16.1 Å². The van der Waals surface area contributed by atoms with Gasteiger partial charge < -0.3 is 14.7 Å². The van der Waals surface area contributed by atoms with Crippen LogP contribution in [0, 0.1) is 0 Å². The Kier molecular flexibility index (Phi) is 5.08. The Bertz CT molecular complexity index is 999. The molecule has 2 heterocycles. The molecular formula is C20H17ClN4O3. The minimum atomic E-state index is -0.269. The summed E-state index contributed by atoms with van der Waals surface area (Å²) in [6.45, 7) is 0.923. The summed E-state index contributed by atoms with van der Waals surface area (Å²) >= 11 is 5.99. The molecule has 7 nitrogen and oxygen atoms in total. The van der Waals surface area contributed by atoms with Gasteiger partial charge in [-0.25, -0.2) is 0 Å². The second-order valence-corrected chi connectivity index (χ2v) is 6.95. The van der Waals surface area contributed by atoms with Gasteiger partial charge in [-0.1, -0.05) is 47.1 Å². The molecule has 1 aliphatic rings. The first kappa shape index (κ1) is 18.2. The molecule has 0 atom stereocenters. The third-order valence-electron chi connectivity index (χ3n) is 4.54. The number of carbonyl (C=O) groups is 2. The molecule has 2 aromatic carbocycles. The van der Waals surface area contributed by atoms with Gasteiger partial charge in [0.05, 0.1) is 12.5 Å². The number of nitrogens with one attached hydrogen (secondary N) is 1. The molecule has 0 spiro atoms. The lowest BCUT2D eigenvalue weighted by Gasteiger charge is -2.37. The Hall–Kier alpha value is -3.19. The molecule has 8 heteroatoms. The van der Waals surface area contributed by atoms with Crippen LogP contribution in [0.2, 0.25) is 5.02 Å². The molecular weight excluding hydrogens is 380 g/mol. The fourth-order valence-electron chi connectivity index (χ4n) is 2.94. The average molecular weight is 397 g/mol. The van der Waals surface area contributed by atoms with Gasteiger partial charge in [0.2, 0.25) is 17.6 Å². The smallest absolute Gasteiger partial charge is 0.251 e. The zero-order chi connectivity index (χ0) is 19.5. The maximum atomic E-state index is 12.2. The van der Waals surface area contributed by atoms with E-state index < -0.39 is 0 Å². The van der Waals surface area contributed by atoms with E-state index >= 15 is 0 Å². The predicted octanol–water partition coefficient (Wildman–Crippen LogP) is 2.75. The van der Waals surface area contributed by atoms with Crippen LogP contribution in [0.1, 0.15) is 22.2 Å². The number of likely N-dealkylation sites (tertiary alicyclic amines) is 1. The van der Waals surface area contributed by atoms with Crippen LogP contribution < -0.4 is 5.32 Å². The minimum absolute atomic E-state index is 0.00536. The van der Waals surface area contributed by atoms with E-state index in [1.165, 1.54) is 0 Å². The van der Waals surface area contributed by atoms with Gasteiger partial charge in [-0.15, -0.1) is 0 Å². The van der Waals surface area contributed by atoms with Crippen molar-refractivity contribution in [1.29, 1.82) is 0 Å². The van der Waals surface area contributed by atoms with Crippen LogP contribution in [0.25, 0.3) is 11.4 Å². The quantitative estimate of drug-likeness (QED) is 0.716. The topological polar surface area (TPSA) is 88.3 Å². The molecule has 1 fully saturated rings. The number of benzene rings is 2. The SMILES string of the molecule is O=C(NCC(=O)N1CC(c2nc(-c3cccc(Cl)c3)no2)C1)c1ccccc1. The summed E-state index contributed by atoms with van der Waals surface area (Å²) in [6, 6.07) is 16.0. The van der Waals surface area contributed by atoms with Crippen molar-refractivity contribution in [2.45, 2.75) is 5.92 Å². The average Bonchev–Trinajstić information content (AvgIpc) is 3.15. The molecule has 1 saturated heterocycles. The van der Waals surface area contributed by atoms with Gasteiger partial charge in [-0.3, -0.25) is 9.59 Å². The van der Waals surface area contributed by atoms with Crippen molar-refractivity contribution < 1.29 is 14.1 Å². The molecule has 28 heavy (non-hydrogen) atoms. The summed E-state index contributed by atoms with van der Waals surface area (Å²) < 4.78 is 5.34. The maximum Gasteiger partial charge on any atom is 0.251 e. The first-order valence-electron chi connectivity index (χ1n) is 8.81. The van der Waals surface area contributed by atoms with Crippen LogP contribution >= 0.6 is 11.6 Å². The lowest BCUT2D eigenvalue weighted by atomic mass is 10.00. The van der Waals surface area contributed by atoms with Crippen LogP contribution in [-0.2, 0) is 4.79 Å². The standard InChI is InChI=1S/C20H17ClN4O3/c21-16-8-4-7-14(9-16)18-23-20(28-24-18)15-11-25(12-15)17(26)10-22-19(27)13-5-2-1-3-6-13/h1-9,15H,10-12H2,(H,22,27). The van der Waals surface area contributed by atoms with Crippen molar-refractivity contribution in [2.75, 3.05) is 19.6 Å². The third kappa shape index (κ3) is 3.89. The lowest BCUT2D eigenvalue weighted by Crippen LogP contribution is -2.51. The van der Waals surface area contributed by atoms with Crippen molar-refractivity contribution in [1.82, 2.24) is 20.4 Å².